The van der Waals surface area contributed by atoms with Crippen molar-refractivity contribution in [1.82, 2.24) is 10.6 Å². The van der Waals surface area contributed by atoms with Gasteiger partial charge in [0.1, 0.15) is 12.1 Å². The minimum atomic E-state index is -0.900. The van der Waals surface area contributed by atoms with Crippen molar-refractivity contribution in [1.29, 1.82) is 0 Å². The van der Waals surface area contributed by atoms with Gasteiger partial charge in [0.25, 0.3) is 5.91 Å². The Labute approximate surface area is 188 Å². The summed E-state index contributed by atoms with van der Waals surface area (Å²) in [6, 6.07) is 14.0. The molecule has 0 aliphatic heterocycles. The van der Waals surface area contributed by atoms with E-state index in [1.54, 1.807) is 30.3 Å². The number of carbonyl (C=O) groups excluding carboxylic acids is 3. The van der Waals surface area contributed by atoms with E-state index in [0.717, 1.165) is 5.56 Å². The maximum atomic E-state index is 12.8. The van der Waals surface area contributed by atoms with E-state index in [1.807, 2.05) is 37.3 Å². The monoisotopic (exact) mass is 438 g/mol. The number of rotatable bonds is 10. The molecule has 7 nitrogen and oxygen atoms in total. The van der Waals surface area contributed by atoms with Gasteiger partial charge < -0.3 is 20.5 Å². The lowest BCUT2D eigenvalue weighted by Gasteiger charge is -2.21. The first-order chi connectivity index (χ1) is 15.3. The maximum absolute atomic E-state index is 12.8. The number of hydrogen-bond acceptors (Lipinski definition) is 5. The van der Waals surface area contributed by atoms with Crippen molar-refractivity contribution in [2.75, 3.05) is 7.11 Å². The van der Waals surface area contributed by atoms with Crippen LogP contribution in [0.3, 0.4) is 0 Å². The number of benzene rings is 2. The highest BCUT2D eigenvalue weighted by Crippen LogP contribution is 2.22. The zero-order valence-corrected chi connectivity index (χ0v) is 18.6. The van der Waals surface area contributed by atoms with Crippen LogP contribution in [0.5, 0.6) is 0 Å². The molecule has 2 rings (SSSR count). The van der Waals surface area contributed by atoms with E-state index < -0.39 is 36.0 Å². The van der Waals surface area contributed by atoms with Crippen molar-refractivity contribution < 1.29 is 24.2 Å². The first-order valence-corrected chi connectivity index (χ1v) is 10.4. The minimum Gasteiger partial charge on any atom is -0.467 e. The second kappa shape index (κ2) is 11.8. The van der Waals surface area contributed by atoms with Crippen LogP contribution in [0.4, 0.5) is 0 Å². The predicted molar refractivity (Wildman–Crippen MR) is 122 cm³/mol. The van der Waals surface area contributed by atoms with Crippen molar-refractivity contribution in [2.45, 2.75) is 38.5 Å². The minimum absolute atomic E-state index is 0.134. The molecule has 32 heavy (non-hydrogen) atoms. The summed E-state index contributed by atoms with van der Waals surface area (Å²) in [7, 11) is 1.24. The fourth-order valence-electron chi connectivity index (χ4n) is 3.11. The number of aliphatic hydroxyl groups is 1. The van der Waals surface area contributed by atoms with Crippen molar-refractivity contribution in [3.8, 4) is 0 Å². The predicted octanol–water partition coefficient (Wildman–Crippen LogP) is 2.56. The van der Waals surface area contributed by atoms with E-state index in [9.17, 15) is 19.5 Å². The molecule has 3 N–H and O–H groups in total. The molecule has 0 heterocycles. The Bertz CT molecular complexity index is 927. The Morgan fingerprint density at radius 3 is 2.22 bits per heavy atom. The Morgan fingerprint density at radius 1 is 1.03 bits per heavy atom. The molecule has 0 radical (unpaired) electrons. The molecular formula is C25H30N2O5. The molecule has 4 atom stereocenters. The van der Waals surface area contributed by atoms with Gasteiger partial charge in [0.2, 0.25) is 5.91 Å². The molecular weight excluding hydrogens is 408 g/mol. The lowest BCUT2D eigenvalue weighted by Crippen LogP contribution is -2.51. The van der Waals surface area contributed by atoms with Crippen LogP contribution >= 0.6 is 0 Å². The third kappa shape index (κ3) is 6.78. The van der Waals surface area contributed by atoms with Crippen LogP contribution in [0.25, 0.3) is 0 Å². The third-order valence-electron chi connectivity index (χ3n) is 5.20. The van der Waals surface area contributed by atoms with Crippen LogP contribution in [0.1, 0.15) is 41.4 Å². The van der Waals surface area contributed by atoms with Crippen LogP contribution < -0.4 is 10.6 Å². The fraction of sp³-hybridized carbons (Fsp3) is 0.320. The second-order valence-corrected chi connectivity index (χ2v) is 7.63. The van der Waals surface area contributed by atoms with Crippen molar-refractivity contribution in [2.24, 2.45) is 5.92 Å². The summed E-state index contributed by atoms with van der Waals surface area (Å²) in [5, 5.41) is 15.6. The Kier molecular flexibility index (Phi) is 9.16. The third-order valence-corrected chi connectivity index (χ3v) is 5.20. The summed E-state index contributed by atoms with van der Waals surface area (Å²) in [5.74, 6) is -1.65. The van der Waals surface area contributed by atoms with E-state index in [-0.39, 0.29) is 12.3 Å². The number of carbonyl (C=O) groups is 3. The number of esters is 1. The van der Waals surface area contributed by atoms with E-state index in [4.69, 9.17) is 0 Å². The highest BCUT2D eigenvalue weighted by atomic mass is 16.5. The van der Waals surface area contributed by atoms with Crippen LogP contribution in [0.15, 0.2) is 67.3 Å². The van der Waals surface area contributed by atoms with Crippen molar-refractivity contribution in [3.05, 3.63) is 83.9 Å². The van der Waals surface area contributed by atoms with Crippen LogP contribution in [0.2, 0.25) is 0 Å². The Hall–Kier alpha value is -3.45. The van der Waals surface area contributed by atoms with E-state index in [0.29, 0.717) is 11.1 Å². The van der Waals surface area contributed by atoms with Crippen LogP contribution in [0, 0.1) is 5.92 Å². The largest absolute Gasteiger partial charge is 0.467 e. The lowest BCUT2D eigenvalue weighted by molar-refractivity contribution is -0.144. The van der Waals surface area contributed by atoms with Gasteiger partial charge in [0, 0.05) is 17.9 Å². The molecule has 0 unspecified atom stereocenters. The van der Waals surface area contributed by atoms with E-state index in [2.05, 4.69) is 21.9 Å². The molecule has 2 aromatic carbocycles. The average molecular weight is 439 g/mol. The van der Waals surface area contributed by atoms with Crippen LogP contribution in [-0.2, 0) is 20.7 Å². The molecule has 0 bridgehead atoms. The lowest BCUT2D eigenvalue weighted by atomic mass is 9.96. The molecule has 2 amide bonds. The molecule has 0 spiro atoms. The normalized spacial score (nSPS) is 14.4. The number of aliphatic hydroxyl groups excluding tert-OH is 1. The quantitative estimate of drug-likeness (QED) is 0.391. The molecule has 0 saturated carbocycles. The van der Waals surface area contributed by atoms with E-state index in [1.165, 1.54) is 14.0 Å². The van der Waals surface area contributed by atoms with Crippen molar-refractivity contribution in [3.63, 3.8) is 0 Å². The van der Waals surface area contributed by atoms with Crippen molar-refractivity contribution >= 4 is 17.8 Å². The first-order valence-electron chi connectivity index (χ1n) is 10.4. The number of hydrogen-bond donors (Lipinski definition) is 3. The van der Waals surface area contributed by atoms with Gasteiger partial charge in [-0.05, 0) is 30.2 Å². The number of nitrogens with one attached hydrogen (secondary N) is 2. The first kappa shape index (κ1) is 24.8. The zero-order chi connectivity index (χ0) is 23.7. The van der Waals surface area contributed by atoms with Gasteiger partial charge in [-0.25, -0.2) is 4.79 Å². The summed E-state index contributed by atoms with van der Waals surface area (Å²) in [6.07, 6.45) is 1.19. The number of ether oxygens (including phenoxy) is 1. The fourth-order valence-corrected chi connectivity index (χ4v) is 3.11. The highest BCUT2D eigenvalue weighted by molar-refractivity contribution is 5.98. The summed E-state index contributed by atoms with van der Waals surface area (Å²) >= 11 is 0. The standard InChI is InChI=1S/C25H30N2O5/c1-5-16(2)22(28)19-11-13-20(14-12-19)23(29)27-21(15-18-9-7-6-8-10-18)24(30)26-17(3)25(31)32-4/h5-14,16-17,21-22,28H,1,15H2,2-4H3,(H,26,30)(H,27,29)/t16-,17-,21-,22-/m0/s1. The molecule has 0 aliphatic rings. The van der Waals surface area contributed by atoms with Crippen LogP contribution in [-0.4, -0.2) is 42.1 Å². The molecule has 0 fully saturated rings. The molecule has 7 heteroatoms. The summed E-state index contributed by atoms with van der Waals surface area (Å²) in [4.78, 5) is 37.3. The highest BCUT2D eigenvalue weighted by Gasteiger charge is 2.25. The Balaban J connectivity index is 2.16. The van der Waals surface area contributed by atoms with E-state index >= 15 is 0 Å². The smallest absolute Gasteiger partial charge is 0.328 e. The number of amides is 2. The molecule has 0 aromatic heterocycles. The zero-order valence-electron chi connectivity index (χ0n) is 18.6. The molecule has 0 saturated heterocycles. The second-order valence-electron chi connectivity index (χ2n) is 7.63. The van der Waals surface area contributed by atoms with Gasteiger partial charge in [0.15, 0.2) is 0 Å². The topological polar surface area (TPSA) is 105 Å². The summed E-state index contributed by atoms with van der Waals surface area (Å²) in [6.45, 7) is 7.04. The summed E-state index contributed by atoms with van der Waals surface area (Å²) in [5.41, 5.74) is 1.87. The van der Waals surface area contributed by atoms with Gasteiger partial charge >= 0.3 is 5.97 Å². The van der Waals surface area contributed by atoms with Gasteiger partial charge in [0.05, 0.1) is 13.2 Å². The van der Waals surface area contributed by atoms with Gasteiger partial charge in [-0.1, -0.05) is 55.5 Å². The molecule has 170 valence electrons. The molecule has 0 aliphatic carbocycles. The van der Waals surface area contributed by atoms with Gasteiger partial charge in [-0.2, -0.15) is 0 Å². The molecule has 2 aromatic rings. The van der Waals surface area contributed by atoms with Gasteiger partial charge in [-0.15, -0.1) is 6.58 Å². The SMILES string of the molecule is C=C[C@H](C)[C@H](O)c1ccc(C(=O)N[C@@H](Cc2ccccc2)C(=O)N[C@@H](C)C(=O)OC)cc1. The summed E-state index contributed by atoms with van der Waals surface area (Å²) < 4.78 is 4.65. The van der Waals surface area contributed by atoms with Gasteiger partial charge in [-0.3, -0.25) is 9.59 Å². The Morgan fingerprint density at radius 2 is 1.66 bits per heavy atom. The average Bonchev–Trinajstić information content (AvgIpc) is 2.82. The number of methoxy groups -OCH3 is 1. The maximum Gasteiger partial charge on any atom is 0.328 e.